The normalized spacial score (nSPS) is 13.0. The largest absolute Gasteiger partial charge is 0.237 e. The highest BCUT2D eigenvalue weighted by atomic mass is 35.7. The van der Waals surface area contributed by atoms with Gasteiger partial charge in [-0.1, -0.05) is 29.3 Å². The van der Waals surface area contributed by atoms with Crippen LogP contribution in [0.4, 0.5) is 0 Å². The fraction of sp³-hybridized carbons (Fsp3) is 0. The maximum Gasteiger partial charge on any atom is 0.149 e. The zero-order chi connectivity index (χ0) is 8.43. The quantitative estimate of drug-likeness (QED) is 0.676. The molecule has 5 heteroatoms. The molecule has 0 aliphatic heterocycles. The third-order valence-electron chi connectivity index (χ3n) is 1.09. The minimum atomic E-state index is -1.59. The average molecular weight is 230 g/mol. The summed E-state index contributed by atoms with van der Waals surface area (Å²) in [4.78, 5) is 0.348. The molecule has 0 heterocycles. The third kappa shape index (κ3) is 2.09. The van der Waals surface area contributed by atoms with Gasteiger partial charge >= 0.3 is 0 Å². The van der Waals surface area contributed by atoms with Crippen molar-refractivity contribution in [1.29, 1.82) is 0 Å². The molecule has 1 aromatic rings. The third-order valence-corrected chi connectivity index (χ3v) is 3.20. The Hall–Kier alpha value is 0.240. The second-order valence-electron chi connectivity index (χ2n) is 1.78. The van der Waals surface area contributed by atoms with E-state index in [0.29, 0.717) is 9.92 Å². The molecule has 11 heavy (non-hydrogen) atoms. The van der Waals surface area contributed by atoms with E-state index in [2.05, 4.69) is 0 Å². The lowest BCUT2D eigenvalue weighted by Gasteiger charge is -1.98. The number of hydrogen-bond donors (Lipinski definition) is 0. The first-order chi connectivity index (χ1) is 5.13. The van der Waals surface area contributed by atoms with Gasteiger partial charge in [0.25, 0.3) is 0 Å². The van der Waals surface area contributed by atoms with Crippen LogP contribution in [0, 0.1) is 0 Å². The highest BCUT2D eigenvalue weighted by Gasteiger charge is 2.07. The van der Waals surface area contributed by atoms with Gasteiger partial charge in [-0.15, -0.1) is 0 Å². The van der Waals surface area contributed by atoms with Crippen LogP contribution in [-0.2, 0) is 10.0 Å². The summed E-state index contributed by atoms with van der Waals surface area (Å²) in [6.45, 7) is 0. The molecule has 0 spiro atoms. The van der Waals surface area contributed by atoms with Crippen molar-refractivity contribution in [3.05, 3.63) is 28.2 Å². The first-order valence-corrected chi connectivity index (χ1v) is 5.38. The van der Waals surface area contributed by atoms with Crippen molar-refractivity contribution in [2.45, 2.75) is 4.90 Å². The van der Waals surface area contributed by atoms with E-state index in [1.165, 1.54) is 0 Å². The van der Waals surface area contributed by atoms with Crippen LogP contribution < -0.4 is 0 Å². The Morgan fingerprint density at radius 1 is 1.27 bits per heavy atom. The zero-order valence-corrected chi connectivity index (χ0v) is 8.27. The Kier molecular flexibility index (Phi) is 3.19. The number of halogens is 3. The molecule has 0 bridgehead atoms. The van der Waals surface area contributed by atoms with E-state index in [1.807, 2.05) is 0 Å². The molecule has 0 N–H and O–H groups in total. The Balaban J connectivity index is 3.27. The highest BCUT2D eigenvalue weighted by Crippen LogP contribution is 2.28. The second-order valence-corrected chi connectivity index (χ2v) is 4.29. The zero-order valence-electron chi connectivity index (χ0n) is 5.18. The van der Waals surface area contributed by atoms with Crippen molar-refractivity contribution in [3.63, 3.8) is 0 Å². The van der Waals surface area contributed by atoms with Crippen molar-refractivity contribution in [3.8, 4) is 0 Å². The van der Waals surface area contributed by atoms with Crippen LogP contribution in [0.3, 0.4) is 0 Å². The summed E-state index contributed by atoms with van der Waals surface area (Å²) in [6, 6.07) is 4.82. The molecule has 0 aliphatic rings. The lowest BCUT2D eigenvalue weighted by Crippen LogP contribution is -1.82. The summed E-state index contributed by atoms with van der Waals surface area (Å²) < 4.78 is 10.8. The summed E-state index contributed by atoms with van der Waals surface area (Å²) >= 11 is 11.3. The van der Waals surface area contributed by atoms with Gasteiger partial charge in [0.2, 0.25) is 0 Å². The van der Waals surface area contributed by atoms with E-state index in [-0.39, 0.29) is 5.02 Å². The lowest BCUT2D eigenvalue weighted by molar-refractivity contribution is 0.691. The molecule has 1 unspecified atom stereocenters. The number of rotatable bonds is 1. The molecule has 0 fully saturated rings. The van der Waals surface area contributed by atoms with E-state index < -0.39 is 10.0 Å². The molecule has 1 atom stereocenters. The molecule has 0 amide bonds. The van der Waals surface area contributed by atoms with Crippen LogP contribution in [-0.4, -0.2) is 4.21 Å². The molecule has 0 saturated carbocycles. The predicted molar refractivity (Wildman–Crippen MR) is 48.7 cm³/mol. The van der Waals surface area contributed by atoms with Gasteiger partial charge < -0.3 is 0 Å². The smallest absolute Gasteiger partial charge is 0.149 e. The molecule has 0 radical (unpaired) electrons. The van der Waals surface area contributed by atoms with Crippen molar-refractivity contribution in [2.75, 3.05) is 0 Å². The fourth-order valence-corrected chi connectivity index (χ4v) is 2.12. The Morgan fingerprint density at radius 2 is 1.91 bits per heavy atom. The van der Waals surface area contributed by atoms with Crippen molar-refractivity contribution >= 4 is 43.9 Å². The van der Waals surface area contributed by atoms with Crippen molar-refractivity contribution < 1.29 is 4.21 Å². The maximum atomic E-state index is 10.8. The van der Waals surface area contributed by atoms with Crippen LogP contribution in [0.25, 0.3) is 0 Å². The van der Waals surface area contributed by atoms with Gasteiger partial charge in [-0.2, -0.15) is 0 Å². The molecule has 0 aromatic heterocycles. The van der Waals surface area contributed by atoms with Crippen LogP contribution >= 0.6 is 33.9 Å². The first-order valence-electron chi connectivity index (χ1n) is 2.65. The van der Waals surface area contributed by atoms with Gasteiger partial charge in [0.1, 0.15) is 10.0 Å². The van der Waals surface area contributed by atoms with E-state index in [9.17, 15) is 4.21 Å². The molecule has 0 aliphatic carbocycles. The SMILES string of the molecule is O=S(Cl)c1cccc(Cl)c1Cl. The van der Waals surface area contributed by atoms with Crippen LogP contribution in [0.2, 0.25) is 10.0 Å². The molecule has 0 saturated heterocycles. The first kappa shape index (κ1) is 9.33. The van der Waals surface area contributed by atoms with Crippen LogP contribution in [0.5, 0.6) is 0 Å². The molecular weight excluding hydrogens is 226 g/mol. The van der Waals surface area contributed by atoms with Crippen molar-refractivity contribution in [2.24, 2.45) is 0 Å². The Bertz CT molecular complexity index is 300. The standard InChI is InChI=1S/C6H3Cl3OS/c7-4-2-1-3-5(6(4)8)11(9)10/h1-3H. The van der Waals surface area contributed by atoms with E-state index >= 15 is 0 Å². The lowest BCUT2D eigenvalue weighted by atomic mass is 10.4. The Labute approximate surface area is 81.2 Å². The summed E-state index contributed by atoms with van der Waals surface area (Å²) in [7, 11) is 3.71. The summed E-state index contributed by atoms with van der Waals surface area (Å²) in [6.07, 6.45) is 0. The van der Waals surface area contributed by atoms with Gasteiger partial charge in [0, 0.05) is 0 Å². The predicted octanol–water partition coefficient (Wildman–Crippen LogP) is 3.25. The molecular formula is C6H3Cl3OS. The van der Waals surface area contributed by atoms with Gasteiger partial charge in [-0.05, 0) is 22.8 Å². The second kappa shape index (κ2) is 3.76. The summed E-state index contributed by atoms with van der Waals surface area (Å²) in [5, 5.41) is 0.612. The molecule has 1 aromatic carbocycles. The number of benzene rings is 1. The summed E-state index contributed by atoms with van der Waals surface area (Å²) in [5.41, 5.74) is 0. The van der Waals surface area contributed by atoms with Crippen LogP contribution in [0.15, 0.2) is 23.1 Å². The van der Waals surface area contributed by atoms with Gasteiger partial charge in [-0.3, -0.25) is 0 Å². The molecule has 1 rings (SSSR count). The van der Waals surface area contributed by atoms with Gasteiger partial charge in [0.15, 0.2) is 0 Å². The average Bonchev–Trinajstić information content (AvgIpc) is 1.94. The van der Waals surface area contributed by atoms with Gasteiger partial charge in [-0.25, -0.2) is 4.21 Å². The molecule has 1 nitrogen and oxygen atoms in total. The van der Waals surface area contributed by atoms with Crippen molar-refractivity contribution in [1.82, 2.24) is 0 Å². The molecule has 60 valence electrons. The Morgan fingerprint density at radius 3 is 2.36 bits per heavy atom. The van der Waals surface area contributed by atoms with Crippen LogP contribution in [0.1, 0.15) is 0 Å². The fourth-order valence-electron chi connectivity index (χ4n) is 0.608. The van der Waals surface area contributed by atoms with E-state index in [4.69, 9.17) is 33.9 Å². The topological polar surface area (TPSA) is 17.1 Å². The number of hydrogen-bond acceptors (Lipinski definition) is 1. The minimum absolute atomic E-state index is 0.252. The van der Waals surface area contributed by atoms with Gasteiger partial charge in [0.05, 0.1) is 14.9 Å². The monoisotopic (exact) mass is 228 g/mol. The minimum Gasteiger partial charge on any atom is -0.237 e. The van der Waals surface area contributed by atoms with E-state index in [1.54, 1.807) is 18.2 Å². The highest BCUT2D eigenvalue weighted by molar-refractivity contribution is 8.08. The van der Waals surface area contributed by atoms with E-state index in [0.717, 1.165) is 0 Å². The maximum absolute atomic E-state index is 10.8. The summed E-state index contributed by atoms with van der Waals surface area (Å²) in [5.74, 6) is 0.